The van der Waals surface area contributed by atoms with Crippen molar-refractivity contribution in [1.82, 2.24) is 4.90 Å². The summed E-state index contributed by atoms with van der Waals surface area (Å²) < 4.78 is 10.5. The van der Waals surface area contributed by atoms with Gasteiger partial charge in [-0.25, -0.2) is 0 Å². The lowest BCUT2D eigenvalue weighted by atomic mass is 9.96. The Labute approximate surface area is 147 Å². The van der Waals surface area contributed by atoms with E-state index < -0.39 is 0 Å². The molecule has 5 nitrogen and oxygen atoms in total. The van der Waals surface area contributed by atoms with Gasteiger partial charge in [0.25, 0.3) is 0 Å². The van der Waals surface area contributed by atoms with Gasteiger partial charge in [-0.15, -0.1) is 0 Å². The Bertz CT molecular complexity index is 766. The smallest absolute Gasteiger partial charge is 0.247 e. The first-order valence-corrected chi connectivity index (χ1v) is 8.26. The van der Waals surface area contributed by atoms with E-state index in [4.69, 9.17) is 15.2 Å². The summed E-state index contributed by atoms with van der Waals surface area (Å²) in [5, 5.41) is 0. The van der Waals surface area contributed by atoms with Gasteiger partial charge in [-0.1, -0.05) is 36.4 Å². The van der Waals surface area contributed by atoms with Gasteiger partial charge in [0, 0.05) is 19.2 Å². The van der Waals surface area contributed by atoms with Crippen LogP contribution >= 0.6 is 0 Å². The van der Waals surface area contributed by atoms with Crippen LogP contribution in [-0.4, -0.2) is 44.2 Å². The maximum absolute atomic E-state index is 12.7. The minimum atomic E-state index is -0.0171. The molecule has 130 valence electrons. The Morgan fingerprint density at radius 2 is 1.84 bits per heavy atom. The van der Waals surface area contributed by atoms with E-state index in [1.54, 1.807) is 18.1 Å². The first-order valence-electron chi connectivity index (χ1n) is 8.26. The fourth-order valence-corrected chi connectivity index (χ4v) is 2.85. The van der Waals surface area contributed by atoms with Gasteiger partial charge in [0.1, 0.15) is 5.75 Å². The number of morpholine rings is 1. The number of hydrogen-bond donors (Lipinski definition) is 1. The minimum Gasteiger partial charge on any atom is -0.495 e. The maximum atomic E-state index is 12.7. The Kier molecular flexibility index (Phi) is 5.36. The Hall–Kier alpha value is -2.79. The lowest BCUT2D eigenvalue weighted by Crippen LogP contribution is -2.39. The van der Waals surface area contributed by atoms with E-state index in [0.29, 0.717) is 37.7 Å². The molecule has 2 aromatic rings. The second-order valence-corrected chi connectivity index (χ2v) is 5.82. The molecule has 0 radical (unpaired) electrons. The number of rotatable bonds is 4. The third kappa shape index (κ3) is 4.00. The average Bonchev–Trinajstić information content (AvgIpc) is 2.67. The lowest BCUT2D eigenvalue weighted by Gasteiger charge is -2.26. The molecule has 0 aliphatic carbocycles. The zero-order valence-corrected chi connectivity index (χ0v) is 14.3. The van der Waals surface area contributed by atoms with Crippen LogP contribution in [-0.2, 0) is 9.53 Å². The van der Waals surface area contributed by atoms with Gasteiger partial charge in [-0.05, 0) is 28.8 Å². The highest BCUT2D eigenvalue weighted by Gasteiger charge is 2.17. The number of nitrogens with two attached hydrogens (primary N) is 1. The summed E-state index contributed by atoms with van der Waals surface area (Å²) in [6.07, 6.45) is 1.68. The van der Waals surface area contributed by atoms with Crippen LogP contribution in [0.1, 0.15) is 11.1 Å². The lowest BCUT2D eigenvalue weighted by molar-refractivity contribution is -0.129. The topological polar surface area (TPSA) is 64.8 Å². The van der Waals surface area contributed by atoms with Crippen molar-refractivity contribution in [2.24, 2.45) is 0 Å². The quantitative estimate of drug-likeness (QED) is 0.687. The number of nitrogens with zero attached hydrogens (tertiary/aromatic N) is 1. The molecule has 1 fully saturated rings. The second kappa shape index (κ2) is 7.85. The normalized spacial score (nSPS) is 15.1. The number of nitrogen functional groups attached to an aromatic ring is 1. The zero-order chi connectivity index (χ0) is 17.6. The van der Waals surface area contributed by atoms with E-state index in [2.05, 4.69) is 0 Å². The molecule has 0 saturated carbocycles. The monoisotopic (exact) mass is 338 g/mol. The molecule has 5 heteroatoms. The largest absolute Gasteiger partial charge is 0.495 e. The van der Waals surface area contributed by atoms with Gasteiger partial charge in [-0.2, -0.15) is 0 Å². The van der Waals surface area contributed by atoms with Crippen LogP contribution in [0.3, 0.4) is 0 Å². The molecule has 1 aliphatic rings. The molecule has 25 heavy (non-hydrogen) atoms. The van der Waals surface area contributed by atoms with E-state index >= 15 is 0 Å². The molecule has 0 aromatic heterocycles. The van der Waals surface area contributed by atoms with Crippen molar-refractivity contribution in [2.45, 2.75) is 0 Å². The van der Waals surface area contributed by atoms with Crippen molar-refractivity contribution >= 4 is 17.2 Å². The second-order valence-electron chi connectivity index (χ2n) is 5.82. The molecule has 0 bridgehead atoms. The van der Waals surface area contributed by atoms with Gasteiger partial charge in [0.15, 0.2) is 0 Å². The molecule has 2 aromatic carbocycles. The molecule has 3 rings (SSSR count). The number of carbonyl (C=O) groups is 1. The molecule has 0 spiro atoms. The summed E-state index contributed by atoms with van der Waals surface area (Å²) in [4.78, 5) is 14.5. The summed E-state index contributed by atoms with van der Waals surface area (Å²) in [5.41, 5.74) is 9.29. The number of methoxy groups -OCH3 is 1. The van der Waals surface area contributed by atoms with E-state index in [-0.39, 0.29) is 5.91 Å². The Balaban J connectivity index is 1.99. The van der Waals surface area contributed by atoms with Gasteiger partial charge in [-0.3, -0.25) is 4.79 Å². The van der Waals surface area contributed by atoms with Gasteiger partial charge < -0.3 is 20.1 Å². The van der Waals surface area contributed by atoms with Crippen LogP contribution in [0.2, 0.25) is 0 Å². The molecule has 0 atom stereocenters. The predicted molar refractivity (Wildman–Crippen MR) is 98.3 cm³/mol. The standard InChI is InChI=1S/C20H22N2O3/c1-24-19-8-7-16(13-18(19)21)17(15-5-3-2-4-6-15)14-20(23)22-9-11-25-12-10-22/h2-8,13-14H,9-12,21H2,1H3. The highest BCUT2D eigenvalue weighted by atomic mass is 16.5. The van der Waals surface area contributed by atoms with Crippen LogP contribution in [0.15, 0.2) is 54.6 Å². The summed E-state index contributed by atoms with van der Waals surface area (Å²) in [5.74, 6) is 0.604. The predicted octanol–water partition coefficient (Wildman–Crippen LogP) is 2.57. The van der Waals surface area contributed by atoms with Crippen molar-refractivity contribution in [3.63, 3.8) is 0 Å². The fourth-order valence-electron chi connectivity index (χ4n) is 2.85. The number of amides is 1. The van der Waals surface area contributed by atoms with Crippen molar-refractivity contribution in [1.29, 1.82) is 0 Å². The Morgan fingerprint density at radius 3 is 2.48 bits per heavy atom. The fraction of sp³-hybridized carbons (Fsp3) is 0.250. The number of carbonyl (C=O) groups excluding carboxylic acids is 1. The molecular weight excluding hydrogens is 316 g/mol. The average molecular weight is 338 g/mol. The van der Waals surface area contributed by atoms with Gasteiger partial charge >= 0.3 is 0 Å². The Morgan fingerprint density at radius 1 is 1.12 bits per heavy atom. The molecule has 1 aliphatic heterocycles. The van der Waals surface area contributed by atoms with E-state index in [0.717, 1.165) is 16.7 Å². The summed E-state index contributed by atoms with van der Waals surface area (Å²) in [6.45, 7) is 2.38. The van der Waals surface area contributed by atoms with E-state index in [1.807, 2.05) is 48.5 Å². The first kappa shape index (κ1) is 17.0. The van der Waals surface area contributed by atoms with Gasteiger partial charge in [0.2, 0.25) is 5.91 Å². The minimum absolute atomic E-state index is 0.0171. The molecule has 1 heterocycles. The van der Waals surface area contributed by atoms with Crippen LogP contribution in [0.4, 0.5) is 5.69 Å². The van der Waals surface area contributed by atoms with Crippen molar-refractivity contribution in [3.05, 3.63) is 65.7 Å². The first-order chi connectivity index (χ1) is 12.2. The number of hydrogen-bond acceptors (Lipinski definition) is 4. The number of anilines is 1. The summed E-state index contributed by atoms with van der Waals surface area (Å²) >= 11 is 0. The van der Waals surface area contributed by atoms with Crippen LogP contribution in [0.5, 0.6) is 5.75 Å². The number of ether oxygens (including phenoxy) is 2. The molecule has 2 N–H and O–H groups in total. The summed E-state index contributed by atoms with van der Waals surface area (Å²) in [6, 6.07) is 15.4. The van der Waals surface area contributed by atoms with Crippen LogP contribution in [0, 0.1) is 0 Å². The van der Waals surface area contributed by atoms with Gasteiger partial charge in [0.05, 0.1) is 26.0 Å². The highest BCUT2D eigenvalue weighted by Crippen LogP contribution is 2.29. The molecule has 1 saturated heterocycles. The SMILES string of the molecule is COc1ccc(C(=CC(=O)N2CCOCC2)c2ccccc2)cc1N. The number of benzene rings is 2. The van der Waals surface area contributed by atoms with Crippen molar-refractivity contribution in [2.75, 3.05) is 39.1 Å². The van der Waals surface area contributed by atoms with Crippen LogP contribution < -0.4 is 10.5 Å². The third-order valence-electron chi connectivity index (χ3n) is 4.22. The zero-order valence-electron chi connectivity index (χ0n) is 14.3. The third-order valence-corrected chi connectivity index (χ3v) is 4.22. The maximum Gasteiger partial charge on any atom is 0.247 e. The molecule has 1 amide bonds. The molecule has 0 unspecified atom stereocenters. The van der Waals surface area contributed by atoms with Crippen molar-refractivity contribution < 1.29 is 14.3 Å². The van der Waals surface area contributed by atoms with E-state index in [9.17, 15) is 4.79 Å². The summed E-state index contributed by atoms with van der Waals surface area (Å²) in [7, 11) is 1.58. The van der Waals surface area contributed by atoms with Crippen LogP contribution in [0.25, 0.3) is 5.57 Å². The molecular formula is C20H22N2O3. The highest BCUT2D eigenvalue weighted by molar-refractivity contribution is 5.99. The van der Waals surface area contributed by atoms with E-state index in [1.165, 1.54) is 0 Å². The van der Waals surface area contributed by atoms with Crippen molar-refractivity contribution in [3.8, 4) is 5.75 Å².